The number of carbonyl (C=O) groups is 2. The number of ether oxygens (including phenoxy) is 2. The molecule has 1 N–H and O–H groups in total. The van der Waals surface area contributed by atoms with Crippen LogP contribution >= 0.6 is 0 Å². The number of aliphatic hydroxyl groups is 1. The molecular weight excluding hydrogens is 416 g/mol. The van der Waals surface area contributed by atoms with Crippen molar-refractivity contribution in [3.8, 4) is 5.75 Å². The maximum atomic E-state index is 12.9. The molecular formula is C23H22N2O7. The molecule has 1 heterocycles. The minimum absolute atomic E-state index is 0.0630. The first-order valence-electron chi connectivity index (χ1n) is 9.74. The van der Waals surface area contributed by atoms with Crippen LogP contribution in [0.25, 0.3) is 5.76 Å². The third-order valence-corrected chi connectivity index (χ3v) is 4.95. The van der Waals surface area contributed by atoms with Crippen LogP contribution in [0.4, 0.5) is 5.69 Å². The van der Waals surface area contributed by atoms with Crippen LogP contribution in [0.5, 0.6) is 5.75 Å². The predicted molar refractivity (Wildman–Crippen MR) is 116 cm³/mol. The number of nitro groups is 1. The van der Waals surface area contributed by atoms with E-state index in [9.17, 15) is 24.8 Å². The molecule has 0 radical (unpaired) electrons. The van der Waals surface area contributed by atoms with Crippen LogP contribution in [-0.4, -0.2) is 53.5 Å². The van der Waals surface area contributed by atoms with Gasteiger partial charge >= 0.3 is 0 Å². The van der Waals surface area contributed by atoms with E-state index in [1.807, 2.05) is 0 Å². The number of amides is 1. The normalized spacial score (nSPS) is 17.4. The average molecular weight is 438 g/mol. The van der Waals surface area contributed by atoms with Crippen LogP contribution in [0.15, 0.2) is 66.8 Å². The molecule has 2 aromatic rings. The lowest BCUT2D eigenvalue weighted by atomic mass is 9.95. The number of nitrogens with zero attached hydrogens (tertiary/aromatic N) is 2. The van der Waals surface area contributed by atoms with Gasteiger partial charge in [-0.25, -0.2) is 0 Å². The molecule has 1 aliphatic rings. The topological polar surface area (TPSA) is 119 Å². The summed E-state index contributed by atoms with van der Waals surface area (Å²) >= 11 is 0. The predicted octanol–water partition coefficient (Wildman–Crippen LogP) is 3.23. The minimum Gasteiger partial charge on any atom is -0.507 e. The van der Waals surface area contributed by atoms with Crippen molar-refractivity contribution in [2.45, 2.75) is 6.04 Å². The summed E-state index contributed by atoms with van der Waals surface area (Å²) in [5.74, 6) is -1.67. The first kappa shape index (κ1) is 22.7. The Kier molecular flexibility index (Phi) is 7.01. The van der Waals surface area contributed by atoms with Crippen molar-refractivity contribution in [1.82, 2.24) is 4.90 Å². The second-order valence-electron chi connectivity index (χ2n) is 6.96. The number of nitro benzene ring substituents is 1. The van der Waals surface area contributed by atoms with E-state index < -0.39 is 28.4 Å². The van der Waals surface area contributed by atoms with Gasteiger partial charge in [0.15, 0.2) is 0 Å². The van der Waals surface area contributed by atoms with E-state index in [2.05, 4.69) is 6.58 Å². The first-order valence-corrected chi connectivity index (χ1v) is 9.74. The van der Waals surface area contributed by atoms with E-state index >= 15 is 0 Å². The monoisotopic (exact) mass is 438 g/mol. The third kappa shape index (κ3) is 4.52. The lowest BCUT2D eigenvalue weighted by molar-refractivity contribution is -0.384. The van der Waals surface area contributed by atoms with Crippen molar-refractivity contribution in [2.24, 2.45) is 0 Å². The Morgan fingerprint density at radius 3 is 2.69 bits per heavy atom. The summed E-state index contributed by atoms with van der Waals surface area (Å²) in [5.41, 5.74) is 0.188. The quantitative estimate of drug-likeness (QED) is 0.159. The lowest BCUT2D eigenvalue weighted by Gasteiger charge is -2.25. The van der Waals surface area contributed by atoms with Crippen molar-refractivity contribution < 1.29 is 29.1 Å². The number of hydrogen-bond acceptors (Lipinski definition) is 7. The van der Waals surface area contributed by atoms with Crippen LogP contribution in [0, 0.1) is 10.1 Å². The number of hydrogen-bond donors (Lipinski definition) is 1. The number of methoxy groups -OCH3 is 1. The molecule has 0 saturated carbocycles. The Labute approximate surface area is 184 Å². The van der Waals surface area contributed by atoms with Gasteiger partial charge in [-0.2, -0.15) is 0 Å². The molecule has 0 bridgehead atoms. The van der Waals surface area contributed by atoms with Gasteiger partial charge in [0, 0.05) is 31.4 Å². The maximum Gasteiger partial charge on any atom is 0.295 e. The van der Waals surface area contributed by atoms with Gasteiger partial charge in [0.2, 0.25) is 0 Å². The summed E-state index contributed by atoms with van der Waals surface area (Å²) in [6.07, 6.45) is 1.58. The molecule has 1 aliphatic heterocycles. The molecule has 32 heavy (non-hydrogen) atoms. The van der Waals surface area contributed by atoms with Crippen LogP contribution in [0.2, 0.25) is 0 Å². The highest BCUT2D eigenvalue weighted by molar-refractivity contribution is 6.46. The molecule has 0 aromatic heterocycles. The molecule has 1 amide bonds. The molecule has 0 spiro atoms. The standard InChI is InChI=1S/C23H22N2O7/c1-3-11-32-18-9-5-6-15(14-18)20-19(22(27)23(28)24(20)10-12-31-2)21(26)16-7-4-8-17(13-16)25(29)30/h3-9,13-14,20,26H,1,10-12H2,2H3/b21-19-. The number of carbonyl (C=O) groups excluding carboxylic acids is 2. The average Bonchev–Trinajstić information content (AvgIpc) is 3.06. The van der Waals surface area contributed by atoms with Gasteiger partial charge in [-0.3, -0.25) is 19.7 Å². The van der Waals surface area contributed by atoms with Gasteiger partial charge in [-0.05, 0) is 17.7 Å². The summed E-state index contributed by atoms with van der Waals surface area (Å²) in [7, 11) is 1.47. The van der Waals surface area contributed by atoms with Gasteiger partial charge in [0.05, 0.1) is 23.1 Å². The van der Waals surface area contributed by atoms with Crippen LogP contribution in [0.3, 0.4) is 0 Å². The second kappa shape index (κ2) is 9.88. The summed E-state index contributed by atoms with van der Waals surface area (Å²) in [4.78, 5) is 37.6. The minimum atomic E-state index is -0.920. The fourth-order valence-corrected chi connectivity index (χ4v) is 3.50. The maximum absolute atomic E-state index is 12.9. The summed E-state index contributed by atoms with van der Waals surface area (Å²) in [5, 5.41) is 22.1. The van der Waals surface area contributed by atoms with Gasteiger partial charge in [-0.15, -0.1) is 0 Å². The van der Waals surface area contributed by atoms with E-state index in [0.29, 0.717) is 11.3 Å². The van der Waals surface area contributed by atoms with Gasteiger partial charge in [0.25, 0.3) is 17.4 Å². The van der Waals surface area contributed by atoms with E-state index in [1.54, 1.807) is 30.3 Å². The Hall–Kier alpha value is -3.98. The van der Waals surface area contributed by atoms with Gasteiger partial charge in [-0.1, -0.05) is 36.9 Å². The highest BCUT2D eigenvalue weighted by Crippen LogP contribution is 2.40. The molecule has 1 unspecified atom stereocenters. The zero-order chi connectivity index (χ0) is 23.3. The molecule has 1 atom stereocenters. The number of Topliss-reactive ketones (excluding diaryl/α,β-unsaturated/α-hetero) is 1. The third-order valence-electron chi connectivity index (χ3n) is 4.95. The summed E-state index contributed by atoms with van der Waals surface area (Å²) < 4.78 is 10.6. The summed E-state index contributed by atoms with van der Waals surface area (Å²) in [6, 6.07) is 11.1. The Balaban J connectivity index is 2.16. The molecule has 3 rings (SSSR count). The second-order valence-corrected chi connectivity index (χ2v) is 6.96. The number of likely N-dealkylation sites (tertiary alicyclic amines) is 1. The molecule has 9 heteroatoms. The van der Waals surface area contributed by atoms with Crippen LogP contribution in [0.1, 0.15) is 17.2 Å². The largest absolute Gasteiger partial charge is 0.507 e. The Morgan fingerprint density at radius 2 is 2.00 bits per heavy atom. The van der Waals surface area contributed by atoms with Crippen LogP contribution in [-0.2, 0) is 14.3 Å². The Bertz CT molecular complexity index is 1090. The number of benzene rings is 2. The number of rotatable bonds is 9. The molecule has 1 saturated heterocycles. The zero-order valence-corrected chi connectivity index (χ0v) is 17.4. The summed E-state index contributed by atoms with van der Waals surface area (Å²) in [6.45, 7) is 4.15. The molecule has 0 aliphatic carbocycles. The van der Waals surface area contributed by atoms with E-state index in [1.165, 1.54) is 30.2 Å². The number of non-ortho nitro benzene ring substituents is 1. The number of ketones is 1. The van der Waals surface area contributed by atoms with E-state index in [0.717, 1.165) is 6.07 Å². The highest BCUT2D eigenvalue weighted by atomic mass is 16.6. The van der Waals surface area contributed by atoms with E-state index in [4.69, 9.17) is 9.47 Å². The van der Waals surface area contributed by atoms with Crippen LogP contribution < -0.4 is 4.74 Å². The fourth-order valence-electron chi connectivity index (χ4n) is 3.50. The smallest absolute Gasteiger partial charge is 0.295 e. The zero-order valence-electron chi connectivity index (χ0n) is 17.4. The lowest BCUT2D eigenvalue weighted by Crippen LogP contribution is -2.32. The van der Waals surface area contributed by atoms with Crippen molar-refractivity contribution in [3.05, 3.63) is 88.0 Å². The number of aliphatic hydroxyl groups excluding tert-OH is 1. The Morgan fingerprint density at radius 1 is 1.25 bits per heavy atom. The van der Waals surface area contributed by atoms with Crippen molar-refractivity contribution in [3.63, 3.8) is 0 Å². The van der Waals surface area contributed by atoms with E-state index in [-0.39, 0.29) is 36.6 Å². The molecule has 9 nitrogen and oxygen atoms in total. The van der Waals surface area contributed by atoms with Crippen molar-refractivity contribution >= 4 is 23.1 Å². The highest BCUT2D eigenvalue weighted by Gasteiger charge is 2.46. The van der Waals surface area contributed by atoms with Gasteiger partial charge in [0.1, 0.15) is 18.1 Å². The first-order chi connectivity index (χ1) is 15.4. The molecule has 166 valence electrons. The molecule has 2 aromatic carbocycles. The fraction of sp³-hybridized carbons (Fsp3) is 0.217. The van der Waals surface area contributed by atoms with Gasteiger partial charge < -0.3 is 19.5 Å². The van der Waals surface area contributed by atoms with Crippen molar-refractivity contribution in [2.75, 3.05) is 26.9 Å². The SMILES string of the molecule is C=CCOc1cccc(C2/C(=C(/O)c3cccc([N+](=O)[O-])c3)C(=O)C(=O)N2CCOC)c1. The molecule has 1 fully saturated rings. The van der Waals surface area contributed by atoms with Crippen molar-refractivity contribution in [1.29, 1.82) is 0 Å².